The number of rotatable bonds is 17. The Balaban J connectivity index is 1.48. The number of likely N-dealkylation sites (N-methyl/N-ethyl adjacent to an activating group) is 1. The van der Waals surface area contributed by atoms with E-state index in [1.807, 2.05) is 31.2 Å². The monoisotopic (exact) mass is 750 g/mol. The molecule has 0 bridgehead atoms. The lowest BCUT2D eigenvalue weighted by Gasteiger charge is -2.19. The molecule has 0 aliphatic heterocycles. The van der Waals surface area contributed by atoms with Gasteiger partial charge in [0.2, 0.25) is 29.4 Å². The maximum atomic E-state index is 12.3. The highest BCUT2D eigenvalue weighted by molar-refractivity contribution is 6.32. The fourth-order valence-electron chi connectivity index (χ4n) is 5.72. The van der Waals surface area contributed by atoms with Crippen LogP contribution in [-0.2, 0) is 35.8 Å². The molecular formula is C40H48Cl2N4O6. The van der Waals surface area contributed by atoms with E-state index in [0.717, 1.165) is 38.9 Å². The lowest BCUT2D eigenvalue weighted by atomic mass is 9.92. The second kappa shape index (κ2) is 18.4. The molecule has 0 aliphatic carbocycles. The number of methoxy groups -OCH3 is 2. The normalized spacial score (nSPS) is 12.2. The standard InChI is InChI=1S/C40H48Cl2N4O6/c1-23(27(5)47)16-17-28-18-34(41)38(44-36(28)49-8)51-21-29-12-10-14-32(24(29)2)33-15-11-13-30(25(33)3)22-52-39-35(42)19-31(37(45-39)50-9)20-43-26(4)40(48)46(6)7/h10-15,18-19,23,26,43H,16-17,20-22H2,1-9H3. The molecule has 2 atom stereocenters. The van der Waals surface area contributed by atoms with Gasteiger partial charge in [-0.05, 0) is 86.1 Å². The van der Waals surface area contributed by atoms with Crippen molar-refractivity contribution in [1.29, 1.82) is 0 Å². The maximum Gasteiger partial charge on any atom is 0.238 e. The number of Topliss-reactive ketones (excluding diaryl/α,β-unsaturated/α-hetero) is 1. The van der Waals surface area contributed by atoms with Crippen LogP contribution >= 0.6 is 23.2 Å². The highest BCUT2D eigenvalue weighted by Gasteiger charge is 2.19. The number of ketones is 1. The molecule has 10 nitrogen and oxygen atoms in total. The highest BCUT2D eigenvalue weighted by Crippen LogP contribution is 2.35. The van der Waals surface area contributed by atoms with E-state index in [9.17, 15) is 9.59 Å². The van der Waals surface area contributed by atoms with Crippen molar-refractivity contribution in [3.63, 3.8) is 0 Å². The molecule has 52 heavy (non-hydrogen) atoms. The highest BCUT2D eigenvalue weighted by atomic mass is 35.5. The number of nitrogens with one attached hydrogen (secondary N) is 1. The maximum absolute atomic E-state index is 12.3. The number of aryl methyl sites for hydroxylation is 1. The molecule has 12 heteroatoms. The van der Waals surface area contributed by atoms with Gasteiger partial charge in [-0.1, -0.05) is 66.5 Å². The molecular weight excluding hydrogens is 703 g/mol. The van der Waals surface area contributed by atoms with Crippen molar-refractivity contribution in [2.45, 2.75) is 73.3 Å². The van der Waals surface area contributed by atoms with Gasteiger partial charge in [-0.25, -0.2) is 0 Å². The van der Waals surface area contributed by atoms with Gasteiger partial charge in [0.05, 0.1) is 20.3 Å². The quantitative estimate of drug-likeness (QED) is 0.115. The Hall–Kier alpha value is -4.38. The number of pyridine rings is 2. The third kappa shape index (κ3) is 9.93. The number of nitrogens with zero attached hydrogens (tertiary/aromatic N) is 3. The van der Waals surface area contributed by atoms with Gasteiger partial charge in [0.25, 0.3) is 0 Å². The Labute approximate surface area is 316 Å². The molecule has 0 saturated heterocycles. The molecule has 0 saturated carbocycles. The minimum Gasteiger partial charge on any atom is -0.481 e. The van der Waals surface area contributed by atoms with Crippen LogP contribution in [0.1, 0.15) is 60.6 Å². The lowest BCUT2D eigenvalue weighted by Crippen LogP contribution is -2.41. The van der Waals surface area contributed by atoms with Crippen molar-refractivity contribution in [2.24, 2.45) is 5.92 Å². The van der Waals surface area contributed by atoms with Crippen molar-refractivity contribution in [2.75, 3.05) is 28.3 Å². The summed E-state index contributed by atoms with van der Waals surface area (Å²) in [6, 6.07) is 15.4. The number of carbonyl (C=O) groups is 2. The molecule has 2 unspecified atom stereocenters. The lowest BCUT2D eigenvalue weighted by molar-refractivity contribution is -0.130. The van der Waals surface area contributed by atoms with Crippen LogP contribution in [0.4, 0.5) is 0 Å². The summed E-state index contributed by atoms with van der Waals surface area (Å²) >= 11 is 13.2. The van der Waals surface area contributed by atoms with Crippen LogP contribution in [-0.4, -0.2) is 60.9 Å². The minimum absolute atomic E-state index is 0.0377. The molecule has 4 rings (SSSR count). The van der Waals surface area contributed by atoms with E-state index in [0.29, 0.717) is 46.8 Å². The number of benzene rings is 2. The number of hydrogen-bond donors (Lipinski definition) is 1. The smallest absolute Gasteiger partial charge is 0.238 e. The minimum atomic E-state index is -0.391. The molecule has 1 amide bonds. The van der Waals surface area contributed by atoms with Crippen LogP contribution in [0.3, 0.4) is 0 Å². The van der Waals surface area contributed by atoms with Crippen LogP contribution in [0.2, 0.25) is 10.0 Å². The van der Waals surface area contributed by atoms with Gasteiger partial charge in [0.15, 0.2) is 0 Å². The number of ether oxygens (including phenoxy) is 4. The number of aromatic nitrogens is 2. The first-order chi connectivity index (χ1) is 24.7. The van der Waals surface area contributed by atoms with Gasteiger partial charge >= 0.3 is 0 Å². The second-order valence-electron chi connectivity index (χ2n) is 13.0. The first-order valence-corrected chi connectivity index (χ1v) is 17.9. The summed E-state index contributed by atoms with van der Waals surface area (Å²) in [4.78, 5) is 34.6. The van der Waals surface area contributed by atoms with Crippen molar-refractivity contribution in [3.05, 3.63) is 92.0 Å². The summed E-state index contributed by atoms with van der Waals surface area (Å²) < 4.78 is 23.3. The average molecular weight is 752 g/mol. The van der Waals surface area contributed by atoms with Gasteiger partial charge in [-0.3, -0.25) is 9.59 Å². The van der Waals surface area contributed by atoms with Crippen molar-refractivity contribution >= 4 is 34.9 Å². The number of amides is 1. The molecule has 2 heterocycles. The Bertz CT molecular complexity index is 1900. The fourth-order valence-corrected chi connectivity index (χ4v) is 6.17. The number of carbonyl (C=O) groups excluding carboxylic acids is 2. The number of halogens is 2. The second-order valence-corrected chi connectivity index (χ2v) is 13.8. The molecule has 1 N–H and O–H groups in total. The zero-order valence-corrected chi connectivity index (χ0v) is 32.9. The van der Waals surface area contributed by atoms with E-state index in [1.165, 1.54) is 12.0 Å². The molecule has 2 aromatic carbocycles. The predicted octanol–water partition coefficient (Wildman–Crippen LogP) is 7.97. The van der Waals surface area contributed by atoms with Gasteiger partial charge in [0, 0.05) is 37.7 Å². The average Bonchev–Trinajstić information content (AvgIpc) is 3.12. The van der Waals surface area contributed by atoms with E-state index in [-0.39, 0.29) is 42.6 Å². The predicted molar refractivity (Wildman–Crippen MR) is 205 cm³/mol. The summed E-state index contributed by atoms with van der Waals surface area (Å²) in [7, 11) is 6.52. The molecule has 4 aromatic rings. The van der Waals surface area contributed by atoms with Gasteiger partial charge in [-0.2, -0.15) is 9.97 Å². The third-order valence-electron chi connectivity index (χ3n) is 9.21. The van der Waals surface area contributed by atoms with Crippen LogP contribution in [0.15, 0.2) is 48.5 Å². The summed E-state index contributed by atoms with van der Waals surface area (Å²) in [6.45, 7) is 10.3. The largest absolute Gasteiger partial charge is 0.481 e. The third-order valence-corrected chi connectivity index (χ3v) is 9.76. The van der Waals surface area contributed by atoms with Gasteiger partial charge < -0.3 is 29.2 Å². The van der Waals surface area contributed by atoms with E-state index in [2.05, 4.69) is 41.3 Å². The van der Waals surface area contributed by atoms with Crippen LogP contribution in [0, 0.1) is 19.8 Å². The van der Waals surface area contributed by atoms with Crippen LogP contribution < -0.4 is 24.3 Å². The molecule has 0 spiro atoms. The van der Waals surface area contributed by atoms with Crippen LogP contribution in [0.25, 0.3) is 11.1 Å². The van der Waals surface area contributed by atoms with E-state index in [4.69, 9.17) is 42.1 Å². The van der Waals surface area contributed by atoms with Crippen molar-refractivity contribution < 1.29 is 28.5 Å². The van der Waals surface area contributed by atoms with Crippen molar-refractivity contribution in [1.82, 2.24) is 20.2 Å². The molecule has 0 fully saturated rings. The molecule has 0 aliphatic rings. The van der Waals surface area contributed by atoms with E-state index in [1.54, 1.807) is 47.2 Å². The summed E-state index contributed by atoms with van der Waals surface area (Å²) in [5.41, 5.74) is 7.71. The fraction of sp³-hybridized carbons (Fsp3) is 0.400. The molecule has 278 valence electrons. The zero-order valence-electron chi connectivity index (χ0n) is 31.4. The topological polar surface area (TPSA) is 112 Å². The Morgan fingerprint density at radius 2 is 1.25 bits per heavy atom. The molecule has 2 aromatic heterocycles. The van der Waals surface area contributed by atoms with E-state index < -0.39 is 6.04 Å². The summed E-state index contributed by atoms with van der Waals surface area (Å²) in [5, 5.41) is 3.91. The molecule has 0 radical (unpaired) electrons. The van der Waals surface area contributed by atoms with Crippen molar-refractivity contribution in [3.8, 4) is 34.6 Å². The Morgan fingerprint density at radius 1 is 0.769 bits per heavy atom. The van der Waals surface area contributed by atoms with E-state index >= 15 is 0 Å². The first-order valence-electron chi connectivity index (χ1n) is 17.1. The first kappa shape index (κ1) is 40.4. The summed E-state index contributed by atoms with van der Waals surface area (Å²) in [6.07, 6.45) is 1.29. The Kier molecular flexibility index (Phi) is 14.3. The zero-order chi connectivity index (χ0) is 38.1. The SMILES string of the molecule is COc1nc(OCc2cccc(-c3cccc(COc4nc(OC)c(CNC(C)C(=O)N(C)C)cc4Cl)c3C)c2C)c(Cl)cc1CCC(C)C(C)=O. The Morgan fingerprint density at radius 3 is 1.71 bits per heavy atom. The summed E-state index contributed by atoms with van der Waals surface area (Å²) in [5.74, 6) is 1.37. The van der Waals surface area contributed by atoms with Gasteiger partial charge in [0.1, 0.15) is 29.0 Å². The number of hydrogen-bond acceptors (Lipinski definition) is 9. The van der Waals surface area contributed by atoms with Gasteiger partial charge in [-0.15, -0.1) is 0 Å². The van der Waals surface area contributed by atoms with Crippen LogP contribution in [0.5, 0.6) is 23.5 Å².